The summed E-state index contributed by atoms with van der Waals surface area (Å²) in [4.78, 5) is 12.6. The minimum Gasteiger partial charge on any atom is -0.336 e. The van der Waals surface area contributed by atoms with E-state index in [0.29, 0.717) is 5.56 Å². The normalized spacial score (nSPS) is 10.5. The predicted octanol–water partition coefficient (Wildman–Crippen LogP) is 2.79. The monoisotopic (exact) mass is 277 g/mol. The number of carbonyl (C=O) groups is 1. The number of amides is 1. The van der Waals surface area contributed by atoms with Crippen LogP contribution in [0.1, 0.15) is 10.4 Å². The van der Waals surface area contributed by atoms with Crippen molar-refractivity contribution in [1.82, 2.24) is 4.90 Å². The molecule has 1 aromatic carbocycles. The number of carbonyl (C=O) groups excluding carboxylic acids is 1. The van der Waals surface area contributed by atoms with Crippen LogP contribution in [0.5, 0.6) is 0 Å². The molecule has 0 saturated carbocycles. The molecule has 0 N–H and O–H groups in total. The van der Waals surface area contributed by atoms with Crippen LogP contribution in [0.15, 0.2) is 28.7 Å². The third kappa shape index (κ3) is 3.58. The van der Waals surface area contributed by atoms with Gasteiger partial charge in [-0.05, 0) is 18.2 Å². The van der Waals surface area contributed by atoms with Gasteiger partial charge >= 0.3 is 0 Å². The van der Waals surface area contributed by atoms with Gasteiger partial charge in [0.2, 0.25) is 0 Å². The van der Waals surface area contributed by atoms with Gasteiger partial charge in [0.25, 0.3) is 12.3 Å². The van der Waals surface area contributed by atoms with Crippen molar-refractivity contribution in [2.45, 2.75) is 6.43 Å². The second-order valence-electron chi connectivity index (χ2n) is 3.09. The van der Waals surface area contributed by atoms with Crippen LogP contribution in [0.4, 0.5) is 8.78 Å². The van der Waals surface area contributed by atoms with Gasteiger partial charge in [-0.2, -0.15) is 0 Å². The Labute approximate surface area is 95.0 Å². The van der Waals surface area contributed by atoms with Gasteiger partial charge in [0, 0.05) is 17.1 Å². The van der Waals surface area contributed by atoms with Gasteiger partial charge in [0.05, 0.1) is 6.54 Å². The van der Waals surface area contributed by atoms with Gasteiger partial charge < -0.3 is 4.90 Å². The first-order valence-electron chi connectivity index (χ1n) is 4.30. The highest BCUT2D eigenvalue weighted by atomic mass is 79.9. The minimum atomic E-state index is -2.51. The number of alkyl halides is 2. The number of halogens is 3. The van der Waals surface area contributed by atoms with Crippen molar-refractivity contribution in [3.63, 3.8) is 0 Å². The Morgan fingerprint density at radius 2 is 2.20 bits per heavy atom. The number of rotatable bonds is 3. The third-order valence-corrected chi connectivity index (χ3v) is 2.32. The van der Waals surface area contributed by atoms with Crippen molar-refractivity contribution in [3.05, 3.63) is 34.3 Å². The largest absolute Gasteiger partial charge is 0.336 e. The first-order valence-corrected chi connectivity index (χ1v) is 5.09. The molecular weight excluding hydrogens is 268 g/mol. The van der Waals surface area contributed by atoms with Gasteiger partial charge in [-0.3, -0.25) is 4.79 Å². The second-order valence-corrected chi connectivity index (χ2v) is 4.00. The Hall–Kier alpha value is -0.970. The highest BCUT2D eigenvalue weighted by Gasteiger charge is 2.15. The van der Waals surface area contributed by atoms with Crippen molar-refractivity contribution in [2.75, 3.05) is 13.6 Å². The van der Waals surface area contributed by atoms with E-state index >= 15 is 0 Å². The van der Waals surface area contributed by atoms with Crippen LogP contribution >= 0.6 is 15.9 Å². The van der Waals surface area contributed by atoms with Crippen molar-refractivity contribution in [2.24, 2.45) is 0 Å². The van der Waals surface area contributed by atoms with Crippen LogP contribution in [-0.4, -0.2) is 30.8 Å². The zero-order valence-electron chi connectivity index (χ0n) is 8.08. The SMILES string of the molecule is CN(CC(F)F)C(=O)c1cccc(Br)c1. The van der Waals surface area contributed by atoms with Crippen molar-refractivity contribution < 1.29 is 13.6 Å². The molecule has 1 rings (SSSR count). The molecule has 5 heteroatoms. The van der Waals surface area contributed by atoms with Crippen LogP contribution in [0, 0.1) is 0 Å². The number of hydrogen-bond donors (Lipinski definition) is 0. The van der Waals surface area contributed by atoms with E-state index < -0.39 is 18.9 Å². The predicted molar refractivity (Wildman–Crippen MR) is 57.1 cm³/mol. The molecule has 0 aliphatic carbocycles. The van der Waals surface area contributed by atoms with E-state index in [-0.39, 0.29) is 0 Å². The molecule has 1 amide bonds. The summed E-state index contributed by atoms with van der Waals surface area (Å²) in [5.41, 5.74) is 0.396. The molecule has 0 bridgehead atoms. The summed E-state index contributed by atoms with van der Waals surface area (Å²) >= 11 is 3.21. The number of hydrogen-bond acceptors (Lipinski definition) is 1. The van der Waals surface area contributed by atoms with Crippen molar-refractivity contribution in [3.8, 4) is 0 Å². The lowest BCUT2D eigenvalue weighted by Gasteiger charge is -2.16. The van der Waals surface area contributed by atoms with Gasteiger partial charge in [-0.1, -0.05) is 22.0 Å². The Kier molecular flexibility index (Phi) is 4.20. The molecular formula is C10H10BrF2NO. The van der Waals surface area contributed by atoms with E-state index in [9.17, 15) is 13.6 Å². The molecule has 15 heavy (non-hydrogen) atoms. The lowest BCUT2D eigenvalue weighted by Crippen LogP contribution is -2.31. The molecule has 0 aromatic heterocycles. The van der Waals surface area contributed by atoms with Crippen LogP contribution in [0.25, 0.3) is 0 Å². The summed E-state index contributed by atoms with van der Waals surface area (Å²) in [6, 6.07) is 6.65. The fourth-order valence-corrected chi connectivity index (χ4v) is 1.53. The molecule has 0 fully saturated rings. The fraction of sp³-hybridized carbons (Fsp3) is 0.300. The first-order chi connectivity index (χ1) is 7.00. The van der Waals surface area contributed by atoms with Crippen LogP contribution < -0.4 is 0 Å². The lowest BCUT2D eigenvalue weighted by molar-refractivity contribution is 0.0620. The highest BCUT2D eigenvalue weighted by Crippen LogP contribution is 2.13. The van der Waals surface area contributed by atoms with Gasteiger partial charge in [-0.25, -0.2) is 8.78 Å². The molecule has 82 valence electrons. The number of benzene rings is 1. The van der Waals surface area contributed by atoms with E-state index in [1.807, 2.05) is 0 Å². The van der Waals surface area contributed by atoms with Crippen molar-refractivity contribution in [1.29, 1.82) is 0 Å². The zero-order chi connectivity index (χ0) is 11.4. The second kappa shape index (κ2) is 5.21. The van der Waals surface area contributed by atoms with Crippen molar-refractivity contribution >= 4 is 21.8 Å². The maximum atomic E-state index is 12.0. The number of nitrogens with zero attached hydrogens (tertiary/aromatic N) is 1. The summed E-state index contributed by atoms with van der Waals surface area (Å²) in [7, 11) is 1.36. The summed E-state index contributed by atoms with van der Waals surface area (Å²) in [5, 5.41) is 0. The van der Waals surface area contributed by atoms with E-state index in [2.05, 4.69) is 15.9 Å². The average molecular weight is 278 g/mol. The Morgan fingerprint density at radius 3 is 2.73 bits per heavy atom. The maximum absolute atomic E-state index is 12.0. The van der Waals surface area contributed by atoms with Gasteiger partial charge in [-0.15, -0.1) is 0 Å². The fourth-order valence-electron chi connectivity index (χ4n) is 1.13. The van der Waals surface area contributed by atoms with Crippen LogP contribution in [0.2, 0.25) is 0 Å². The topological polar surface area (TPSA) is 20.3 Å². The van der Waals surface area contributed by atoms with E-state index in [1.165, 1.54) is 7.05 Å². The average Bonchev–Trinajstić information content (AvgIpc) is 2.15. The summed E-state index contributed by atoms with van der Waals surface area (Å²) < 4.78 is 24.8. The Morgan fingerprint density at radius 1 is 1.53 bits per heavy atom. The van der Waals surface area contributed by atoms with Gasteiger partial charge in [0.1, 0.15) is 0 Å². The standard InChI is InChI=1S/C10H10BrF2NO/c1-14(6-9(12)13)10(15)7-3-2-4-8(11)5-7/h2-5,9H,6H2,1H3. The summed E-state index contributed by atoms with van der Waals surface area (Å²) in [6.07, 6.45) is -2.51. The molecule has 0 radical (unpaired) electrons. The van der Waals surface area contributed by atoms with Gasteiger partial charge in [0.15, 0.2) is 0 Å². The molecule has 1 aromatic rings. The van der Waals surface area contributed by atoms with Crippen LogP contribution in [-0.2, 0) is 0 Å². The van der Waals surface area contributed by atoms with E-state index in [1.54, 1.807) is 24.3 Å². The lowest BCUT2D eigenvalue weighted by atomic mass is 10.2. The molecule has 0 spiro atoms. The van der Waals surface area contributed by atoms with E-state index in [4.69, 9.17) is 0 Å². The quantitative estimate of drug-likeness (QED) is 0.832. The summed E-state index contributed by atoms with van der Waals surface area (Å²) in [5.74, 6) is -0.406. The zero-order valence-corrected chi connectivity index (χ0v) is 9.67. The van der Waals surface area contributed by atoms with Crippen LogP contribution in [0.3, 0.4) is 0 Å². The Bertz CT molecular complexity index is 357. The first kappa shape index (κ1) is 12.1. The molecule has 0 unspecified atom stereocenters. The highest BCUT2D eigenvalue weighted by molar-refractivity contribution is 9.10. The molecule has 2 nitrogen and oxygen atoms in total. The van der Waals surface area contributed by atoms with E-state index in [0.717, 1.165) is 9.37 Å². The smallest absolute Gasteiger partial charge is 0.255 e. The Balaban J connectivity index is 2.76. The molecule has 0 heterocycles. The molecule has 0 aliphatic rings. The molecule has 0 saturated heterocycles. The minimum absolute atomic E-state index is 0.396. The molecule has 0 atom stereocenters. The third-order valence-electron chi connectivity index (χ3n) is 1.83. The maximum Gasteiger partial charge on any atom is 0.255 e. The summed E-state index contributed by atoms with van der Waals surface area (Å²) in [6.45, 7) is -0.550. The molecule has 0 aliphatic heterocycles.